The van der Waals surface area contributed by atoms with Crippen LogP contribution in [-0.4, -0.2) is 36.2 Å². The summed E-state index contributed by atoms with van der Waals surface area (Å²) in [6, 6.07) is 4.29. The van der Waals surface area contributed by atoms with Gasteiger partial charge < -0.3 is 5.32 Å². The highest BCUT2D eigenvalue weighted by molar-refractivity contribution is 7.17. The molecule has 2 aromatic heterocycles. The summed E-state index contributed by atoms with van der Waals surface area (Å²) in [5.74, 6) is 0.0530. The number of aryl methyl sites for hydroxylation is 1. The van der Waals surface area contributed by atoms with Gasteiger partial charge in [0.1, 0.15) is 5.00 Å². The molecule has 4 nitrogen and oxygen atoms in total. The largest absolute Gasteiger partial charge is 0.316 e. The van der Waals surface area contributed by atoms with Gasteiger partial charge in [-0.1, -0.05) is 25.3 Å². The fraction of sp³-hybridized carbons (Fsp3) is 0.545. The lowest BCUT2D eigenvalue weighted by atomic mass is 9.93. The lowest BCUT2D eigenvalue weighted by Gasteiger charge is -2.30. The van der Waals surface area contributed by atoms with Gasteiger partial charge in [-0.15, -0.1) is 22.7 Å². The molecular weight excluding hydrogens is 388 g/mol. The molecule has 1 N–H and O–H groups in total. The Kier molecular flexibility index (Phi) is 6.28. The van der Waals surface area contributed by atoms with Crippen LogP contribution in [0.3, 0.4) is 0 Å². The summed E-state index contributed by atoms with van der Waals surface area (Å²) in [6.45, 7) is 0.389. The van der Waals surface area contributed by atoms with Crippen LogP contribution >= 0.6 is 22.7 Å². The van der Waals surface area contributed by atoms with E-state index in [0.29, 0.717) is 12.6 Å². The second-order valence-electron chi connectivity index (χ2n) is 7.98. The summed E-state index contributed by atoms with van der Waals surface area (Å²) in [4.78, 5) is 30.2. The summed E-state index contributed by atoms with van der Waals surface area (Å²) in [5.41, 5.74) is 1.92. The van der Waals surface area contributed by atoms with Gasteiger partial charge >= 0.3 is 0 Å². The fourth-order valence-corrected chi connectivity index (χ4v) is 6.44. The van der Waals surface area contributed by atoms with Crippen molar-refractivity contribution in [1.29, 1.82) is 0 Å². The van der Waals surface area contributed by atoms with E-state index in [1.54, 1.807) is 11.3 Å². The van der Waals surface area contributed by atoms with Crippen molar-refractivity contribution in [1.82, 2.24) is 4.90 Å². The average molecular weight is 417 g/mol. The molecule has 0 bridgehead atoms. The third-order valence-corrected chi connectivity index (χ3v) is 8.06. The Balaban J connectivity index is 1.52. The summed E-state index contributed by atoms with van der Waals surface area (Å²) >= 11 is 3.08. The molecule has 2 heterocycles. The van der Waals surface area contributed by atoms with Crippen molar-refractivity contribution in [2.75, 3.05) is 18.9 Å². The minimum atomic E-state index is -0.00750. The number of hydrogen-bond acceptors (Lipinski definition) is 5. The minimum absolute atomic E-state index is 0.00750. The van der Waals surface area contributed by atoms with E-state index in [1.165, 1.54) is 53.9 Å². The Bertz CT molecular complexity index is 835. The molecule has 1 fully saturated rings. The first kappa shape index (κ1) is 19.8. The van der Waals surface area contributed by atoms with E-state index in [4.69, 9.17) is 0 Å². The fourth-order valence-electron chi connectivity index (χ4n) is 4.47. The maximum atomic E-state index is 13.2. The van der Waals surface area contributed by atoms with Crippen LogP contribution in [0.25, 0.3) is 0 Å². The van der Waals surface area contributed by atoms with E-state index in [9.17, 15) is 9.59 Å². The number of nitrogens with zero attached hydrogens (tertiary/aromatic N) is 1. The average Bonchev–Trinajstić information content (AvgIpc) is 3.36. The van der Waals surface area contributed by atoms with Crippen molar-refractivity contribution in [3.8, 4) is 0 Å². The quantitative estimate of drug-likeness (QED) is 0.665. The number of ketones is 1. The van der Waals surface area contributed by atoms with Crippen LogP contribution in [0.4, 0.5) is 5.00 Å². The zero-order chi connectivity index (χ0) is 19.5. The van der Waals surface area contributed by atoms with E-state index in [0.717, 1.165) is 41.1 Å². The Morgan fingerprint density at radius 2 is 1.93 bits per heavy atom. The number of thiophene rings is 2. The van der Waals surface area contributed by atoms with Crippen molar-refractivity contribution in [3.63, 3.8) is 0 Å². The Labute approximate surface area is 174 Å². The molecule has 6 heteroatoms. The van der Waals surface area contributed by atoms with Crippen LogP contribution in [0.15, 0.2) is 17.5 Å². The van der Waals surface area contributed by atoms with E-state index in [-0.39, 0.29) is 11.7 Å². The minimum Gasteiger partial charge on any atom is -0.316 e. The van der Waals surface area contributed by atoms with Crippen LogP contribution in [0.5, 0.6) is 0 Å². The van der Waals surface area contributed by atoms with Crippen LogP contribution in [-0.2, 0) is 17.6 Å². The van der Waals surface area contributed by atoms with Crippen molar-refractivity contribution in [2.24, 2.45) is 0 Å². The van der Waals surface area contributed by atoms with Gasteiger partial charge in [-0.25, -0.2) is 0 Å². The third kappa shape index (κ3) is 4.24. The van der Waals surface area contributed by atoms with Crippen LogP contribution in [0, 0.1) is 0 Å². The van der Waals surface area contributed by atoms with E-state index < -0.39 is 0 Å². The monoisotopic (exact) mass is 416 g/mol. The van der Waals surface area contributed by atoms with E-state index in [2.05, 4.69) is 10.2 Å². The van der Waals surface area contributed by atoms with Gasteiger partial charge in [0.05, 0.1) is 17.0 Å². The highest BCUT2D eigenvalue weighted by atomic mass is 32.1. The molecule has 2 aromatic rings. The van der Waals surface area contributed by atoms with Gasteiger partial charge in [-0.2, -0.15) is 0 Å². The standard InChI is InChI=1S/C22H28N2O2S2/c1-24(15-8-3-2-4-9-15)14-19(25)23-22-20(21(26)18-12-7-13-27-18)16-10-5-6-11-17(16)28-22/h7,12-13,15H,2-6,8-11,14H2,1H3,(H,23,25). The molecule has 0 saturated heterocycles. The summed E-state index contributed by atoms with van der Waals surface area (Å²) in [6.07, 6.45) is 10.4. The Morgan fingerprint density at radius 1 is 1.14 bits per heavy atom. The van der Waals surface area contributed by atoms with Crippen molar-refractivity contribution in [2.45, 2.75) is 63.8 Å². The van der Waals surface area contributed by atoms with Crippen molar-refractivity contribution in [3.05, 3.63) is 38.4 Å². The number of hydrogen-bond donors (Lipinski definition) is 1. The van der Waals surface area contributed by atoms with Crippen molar-refractivity contribution < 1.29 is 9.59 Å². The molecule has 150 valence electrons. The first-order chi connectivity index (χ1) is 13.6. The normalized spacial score (nSPS) is 17.5. The Hall–Kier alpha value is -1.50. The number of nitrogens with one attached hydrogen (secondary N) is 1. The van der Waals surface area contributed by atoms with Crippen LogP contribution < -0.4 is 5.32 Å². The van der Waals surface area contributed by atoms with Gasteiger partial charge in [-0.05, 0) is 62.6 Å². The lowest BCUT2D eigenvalue weighted by Crippen LogP contribution is -2.39. The van der Waals surface area contributed by atoms with Gasteiger partial charge in [0, 0.05) is 10.9 Å². The number of carbonyl (C=O) groups excluding carboxylic acids is 2. The van der Waals surface area contributed by atoms with Gasteiger partial charge in [0.15, 0.2) is 0 Å². The zero-order valence-electron chi connectivity index (χ0n) is 16.5. The smallest absolute Gasteiger partial charge is 0.239 e. The number of amides is 1. The van der Waals surface area contributed by atoms with Gasteiger partial charge in [-0.3, -0.25) is 14.5 Å². The molecule has 1 amide bonds. The molecule has 2 aliphatic carbocycles. The molecule has 0 unspecified atom stereocenters. The van der Waals surface area contributed by atoms with Crippen molar-refractivity contribution >= 4 is 39.4 Å². The molecule has 28 heavy (non-hydrogen) atoms. The first-order valence-electron chi connectivity index (χ1n) is 10.4. The summed E-state index contributed by atoms with van der Waals surface area (Å²) in [7, 11) is 2.05. The number of carbonyl (C=O) groups is 2. The molecule has 0 atom stereocenters. The number of anilines is 1. The van der Waals surface area contributed by atoms with Crippen LogP contribution in [0.1, 0.15) is 70.6 Å². The molecule has 0 aromatic carbocycles. The topological polar surface area (TPSA) is 49.4 Å². The van der Waals surface area contributed by atoms with E-state index >= 15 is 0 Å². The third-order valence-electron chi connectivity index (χ3n) is 5.99. The molecule has 0 radical (unpaired) electrons. The highest BCUT2D eigenvalue weighted by Crippen LogP contribution is 2.39. The predicted molar refractivity (Wildman–Crippen MR) is 117 cm³/mol. The number of likely N-dealkylation sites (N-methyl/N-ethyl adjacent to an activating group) is 1. The predicted octanol–water partition coefficient (Wildman–Crippen LogP) is 5.12. The summed E-state index contributed by atoms with van der Waals surface area (Å²) < 4.78 is 0. The maximum absolute atomic E-state index is 13.2. The molecular formula is C22H28N2O2S2. The highest BCUT2D eigenvalue weighted by Gasteiger charge is 2.28. The van der Waals surface area contributed by atoms with Crippen LogP contribution in [0.2, 0.25) is 0 Å². The number of fused-ring (bicyclic) bond motifs is 1. The number of rotatable bonds is 6. The van der Waals surface area contributed by atoms with Gasteiger partial charge in [0.25, 0.3) is 0 Å². The zero-order valence-corrected chi connectivity index (χ0v) is 18.1. The second-order valence-corrected chi connectivity index (χ2v) is 10.0. The second kappa shape index (κ2) is 8.89. The molecule has 1 saturated carbocycles. The SMILES string of the molecule is CN(CC(=O)Nc1sc2c(c1C(=O)c1cccs1)CCCC2)C1CCCCC1. The lowest BCUT2D eigenvalue weighted by molar-refractivity contribution is -0.117. The molecule has 4 rings (SSSR count). The molecule has 0 aliphatic heterocycles. The summed E-state index contributed by atoms with van der Waals surface area (Å²) in [5, 5.41) is 5.79. The molecule has 2 aliphatic rings. The molecule has 0 spiro atoms. The van der Waals surface area contributed by atoms with Gasteiger partial charge in [0.2, 0.25) is 11.7 Å². The van der Waals surface area contributed by atoms with E-state index in [1.807, 2.05) is 24.6 Å². The Morgan fingerprint density at radius 3 is 2.68 bits per heavy atom. The first-order valence-corrected chi connectivity index (χ1v) is 12.1. The maximum Gasteiger partial charge on any atom is 0.239 e.